The minimum Gasteiger partial charge on any atom is -0.248 e. The molecule has 2 nitrogen and oxygen atoms in total. The molecule has 0 spiro atoms. The van der Waals surface area contributed by atoms with Crippen LogP contribution in [-0.4, -0.2) is 24.4 Å². The van der Waals surface area contributed by atoms with Crippen molar-refractivity contribution in [2.24, 2.45) is 5.92 Å². The predicted octanol–water partition coefficient (Wildman–Crippen LogP) is 1.99. The number of nitrogens with zero attached hydrogens (tertiary/aromatic N) is 1. The number of halogens is 3. The average molecular weight is 184 g/mol. The van der Waals surface area contributed by atoms with Crippen molar-refractivity contribution in [3.05, 3.63) is 0 Å². The van der Waals surface area contributed by atoms with Gasteiger partial charge in [0.1, 0.15) is 0 Å². The first-order valence-electron chi connectivity index (χ1n) is 4.08. The molecule has 0 amide bonds. The molecule has 0 saturated carbocycles. The Morgan fingerprint density at radius 1 is 1.33 bits per heavy atom. The zero-order valence-corrected chi connectivity index (χ0v) is 7.57. The highest BCUT2D eigenvalue weighted by molar-refractivity contribution is 4.70. The van der Waals surface area contributed by atoms with Crippen LogP contribution in [0.4, 0.5) is 13.2 Å². The summed E-state index contributed by atoms with van der Waals surface area (Å²) in [5, 5.41) is 0.317. The van der Waals surface area contributed by atoms with Crippen LogP contribution in [0.5, 0.6) is 0 Å². The van der Waals surface area contributed by atoms with E-state index in [9.17, 15) is 13.2 Å². The molecule has 1 aliphatic rings. The smallest absolute Gasteiger partial charge is 0.248 e. The Kier molecular flexibility index (Phi) is 4.55. The molecule has 0 radical (unpaired) electrons. The van der Waals surface area contributed by atoms with E-state index in [1.807, 2.05) is 13.8 Å². The predicted molar refractivity (Wildman–Crippen MR) is 41.3 cm³/mol. The van der Waals surface area contributed by atoms with Gasteiger partial charge in [-0.25, -0.2) is 5.43 Å². The lowest BCUT2D eigenvalue weighted by Gasteiger charge is -2.17. The third kappa shape index (κ3) is 3.40. The van der Waals surface area contributed by atoms with Crippen LogP contribution >= 0.6 is 0 Å². The molecule has 5 heteroatoms. The van der Waals surface area contributed by atoms with Gasteiger partial charge < -0.3 is 0 Å². The lowest BCUT2D eigenvalue weighted by Crippen LogP contribution is -2.42. The Hall–Kier alpha value is -0.290. The molecule has 1 saturated heterocycles. The van der Waals surface area contributed by atoms with Gasteiger partial charge in [0.25, 0.3) is 0 Å². The van der Waals surface area contributed by atoms with Crippen LogP contribution in [0.15, 0.2) is 0 Å². The normalized spacial score (nSPS) is 25.0. The van der Waals surface area contributed by atoms with E-state index in [2.05, 4.69) is 5.43 Å². The minimum atomic E-state index is -4.22. The molecule has 0 aromatic carbocycles. The van der Waals surface area contributed by atoms with Crippen molar-refractivity contribution in [1.29, 1.82) is 0 Å². The highest BCUT2D eigenvalue weighted by atomic mass is 19.4. The highest BCUT2D eigenvalue weighted by Crippen LogP contribution is 2.22. The number of hydrogen-bond donors (Lipinski definition) is 1. The summed E-state index contributed by atoms with van der Waals surface area (Å²) >= 11 is 0. The first kappa shape index (κ1) is 11.7. The van der Waals surface area contributed by atoms with E-state index >= 15 is 0 Å². The van der Waals surface area contributed by atoms with Crippen molar-refractivity contribution in [3.8, 4) is 0 Å². The summed E-state index contributed by atoms with van der Waals surface area (Å²) in [5.41, 5.74) is 2.25. The van der Waals surface area contributed by atoms with Crippen LogP contribution in [0.2, 0.25) is 0 Å². The summed E-state index contributed by atoms with van der Waals surface area (Å²) in [6.07, 6.45) is -4.22. The largest absolute Gasteiger partial charge is 0.473 e. The van der Waals surface area contributed by atoms with Crippen molar-refractivity contribution in [2.75, 3.05) is 13.1 Å². The number of rotatable bonds is 0. The molecule has 1 unspecified atom stereocenters. The van der Waals surface area contributed by atoms with Crippen molar-refractivity contribution in [3.63, 3.8) is 0 Å². The third-order valence-corrected chi connectivity index (χ3v) is 1.43. The number of hydrogen-bond acceptors (Lipinski definition) is 2. The van der Waals surface area contributed by atoms with Gasteiger partial charge in [0.2, 0.25) is 0 Å². The van der Waals surface area contributed by atoms with E-state index in [1.54, 1.807) is 6.92 Å². The molecule has 0 bridgehead atoms. The quantitative estimate of drug-likeness (QED) is 0.579. The molecule has 0 aromatic heterocycles. The Balaban J connectivity index is 0.000000561. The zero-order valence-electron chi connectivity index (χ0n) is 7.57. The van der Waals surface area contributed by atoms with Crippen LogP contribution in [0.25, 0.3) is 0 Å². The van der Waals surface area contributed by atoms with Crippen molar-refractivity contribution < 1.29 is 13.2 Å². The first-order chi connectivity index (χ1) is 5.50. The van der Waals surface area contributed by atoms with Crippen molar-refractivity contribution >= 4 is 0 Å². The Labute approximate surface area is 70.7 Å². The fourth-order valence-corrected chi connectivity index (χ4v) is 0.900. The zero-order chi connectivity index (χ0) is 9.78. The first-order valence-corrected chi connectivity index (χ1v) is 4.08. The monoisotopic (exact) mass is 184 g/mol. The summed E-state index contributed by atoms with van der Waals surface area (Å²) < 4.78 is 35.4. The fraction of sp³-hybridized carbons (Fsp3) is 1.00. The second kappa shape index (κ2) is 4.67. The van der Waals surface area contributed by atoms with E-state index in [4.69, 9.17) is 0 Å². The maximum absolute atomic E-state index is 11.8. The standard InChI is InChI=1S/C5H9F3N2.C2H6/c1-4-2-9-10(3-4)5(6,7)8;1-2/h4,9H,2-3H2,1H3;1-2H3. The van der Waals surface area contributed by atoms with Gasteiger partial charge in [-0.2, -0.15) is 18.2 Å². The molecule has 0 aliphatic carbocycles. The fourth-order valence-electron chi connectivity index (χ4n) is 0.900. The van der Waals surface area contributed by atoms with E-state index in [0.717, 1.165) is 0 Å². The third-order valence-electron chi connectivity index (χ3n) is 1.43. The highest BCUT2D eigenvalue weighted by Gasteiger charge is 2.40. The maximum atomic E-state index is 11.8. The molecule has 1 fully saturated rings. The van der Waals surface area contributed by atoms with Gasteiger partial charge in [-0.1, -0.05) is 20.8 Å². The Bertz CT molecular complexity index is 124. The van der Waals surface area contributed by atoms with Gasteiger partial charge in [0, 0.05) is 13.1 Å². The molecule has 74 valence electrons. The SMILES string of the molecule is CC.CC1CNN(C(F)(F)F)C1. The molecule has 1 atom stereocenters. The Morgan fingerprint density at radius 2 is 1.83 bits per heavy atom. The van der Waals surface area contributed by atoms with Gasteiger partial charge in [0.05, 0.1) is 0 Å². The van der Waals surface area contributed by atoms with Crippen LogP contribution in [-0.2, 0) is 0 Å². The van der Waals surface area contributed by atoms with Crippen LogP contribution < -0.4 is 5.43 Å². The van der Waals surface area contributed by atoms with E-state index in [-0.39, 0.29) is 12.5 Å². The number of alkyl halides is 3. The van der Waals surface area contributed by atoms with E-state index in [0.29, 0.717) is 11.6 Å². The molecule has 0 aromatic rings. The average Bonchev–Trinajstić information content (AvgIpc) is 2.39. The van der Waals surface area contributed by atoms with Gasteiger partial charge in [0.15, 0.2) is 0 Å². The molecular formula is C7H15F3N2. The van der Waals surface area contributed by atoms with E-state index < -0.39 is 6.30 Å². The number of hydrazine groups is 1. The summed E-state index contributed by atoms with van der Waals surface area (Å²) in [4.78, 5) is 0. The summed E-state index contributed by atoms with van der Waals surface area (Å²) in [6, 6.07) is 0. The summed E-state index contributed by atoms with van der Waals surface area (Å²) in [7, 11) is 0. The van der Waals surface area contributed by atoms with Gasteiger partial charge in [-0.15, -0.1) is 0 Å². The van der Waals surface area contributed by atoms with E-state index in [1.165, 1.54) is 0 Å². The van der Waals surface area contributed by atoms with Gasteiger partial charge in [-0.05, 0) is 5.92 Å². The molecule has 12 heavy (non-hydrogen) atoms. The van der Waals surface area contributed by atoms with Gasteiger partial charge in [-0.3, -0.25) is 0 Å². The lowest BCUT2D eigenvalue weighted by molar-refractivity contribution is -0.255. The molecule has 1 heterocycles. The molecule has 1 N–H and O–H groups in total. The summed E-state index contributed by atoms with van der Waals surface area (Å²) in [5.74, 6) is 0.0848. The van der Waals surface area contributed by atoms with Gasteiger partial charge >= 0.3 is 6.30 Å². The number of nitrogens with one attached hydrogen (secondary N) is 1. The second-order valence-corrected chi connectivity index (χ2v) is 2.55. The molecule has 1 rings (SSSR count). The van der Waals surface area contributed by atoms with Crippen LogP contribution in [0, 0.1) is 5.92 Å². The maximum Gasteiger partial charge on any atom is 0.473 e. The van der Waals surface area contributed by atoms with Crippen LogP contribution in [0.1, 0.15) is 20.8 Å². The van der Waals surface area contributed by atoms with Crippen molar-refractivity contribution in [2.45, 2.75) is 27.1 Å². The molecule has 1 aliphatic heterocycles. The summed E-state index contributed by atoms with van der Waals surface area (Å²) in [6.45, 7) is 6.25. The minimum absolute atomic E-state index is 0.0590. The second-order valence-electron chi connectivity index (χ2n) is 2.55. The molecular weight excluding hydrogens is 169 g/mol. The van der Waals surface area contributed by atoms with Crippen molar-refractivity contribution in [1.82, 2.24) is 10.4 Å². The lowest BCUT2D eigenvalue weighted by atomic mass is 10.2. The topological polar surface area (TPSA) is 15.3 Å². The Morgan fingerprint density at radius 3 is 2.00 bits per heavy atom. The van der Waals surface area contributed by atoms with Crippen LogP contribution in [0.3, 0.4) is 0 Å².